The number of carbonyl (C=O) groups is 1. The van der Waals surface area contributed by atoms with Gasteiger partial charge in [0.25, 0.3) is 5.69 Å². The number of nitro benzene ring substituents is 1. The van der Waals surface area contributed by atoms with E-state index in [4.69, 9.17) is 4.74 Å². The molecule has 0 aliphatic rings. The Balaban J connectivity index is 2.69. The lowest BCUT2D eigenvalue weighted by atomic mass is 10.2. The van der Waals surface area contributed by atoms with Gasteiger partial charge in [-0.05, 0) is 13.0 Å². The number of hydrogen-bond donors (Lipinski definition) is 0. The summed E-state index contributed by atoms with van der Waals surface area (Å²) in [6.45, 7) is 1.50. The molecule has 0 radical (unpaired) electrons. The second kappa shape index (κ2) is 5.95. The lowest BCUT2D eigenvalue weighted by Crippen LogP contribution is -2.20. The Labute approximate surface area is 102 Å². The van der Waals surface area contributed by atoms with Gasteiger partial charge in [0, 0.05) is 6.07 Å². The minimum atomic E-state index is -0.846. The first-order valence-corrected chi connectivity index (χ1v) is 5.10. The molecule has 0 aromatic heterocycles. The van der Waals surface area contributed by atoms with Crippen LogP contribution in [0.15, 0.2) is 18.2 Å². The minimum absolute atomic E-state index is 0.0681. The van der Waals surface area contributed by atoms with Crippen LogP contribution in [0, 0.1) is 21.8 Å². The third-order valence-corrected chi connectivity index (χ3v) is 2.22. The van der Waals surface area contributed by atoms with Gasteiger partial charge >= 0.3 is 5.97 Å². The summed E-state index contributed by atoms with van der Waals surface area (Å²) < 4.78 is 22.9. The van der Waals surface area contributed by atoms with Gasteiger partial charge in [-0.3, -0.25) is 14.9 Å². The zero-order valence-corrected chi connectivity index (χ0v) is 9.88. The highest BCUT2D eigenvalue weighted by Crippen LogP contribution is 2.22. The molecule has 0 heterocycles. The Morgan fingerprint density at radius 2 is 2.22 bits per heavy atom. The van der Waals surface area contributed by atoms with Crippen LogP contribution in [0.1, 0.15) is 6.92 Å². The van der Waals surface area contributed by atoms with Crippen LogP contribution in [0.4, 0.5) is 10.1 Å². The van der Waals surface area contributed by atoms with Gasteiger partial charge in [-0.15, -0.1) is 0 Å². The number of methoxy groups -OCH3 is 1. The maximum atomic E-state index is 13.4. The van der Waals surface area contributed by atoms with E-state index in [9.17, 15) is 19.3 Å². The van der Waals surface area contributed by atoms with Gasteiger partial charge < -0.3 is 9.47 Å². The van der Waals surface area contributed by atoms with Gasteiger partial charge in [0.05, 0.1) is 24.0 Å². The van der Waals surface area contributed by atoms with Gasteiger partial charge in [0.15, 0.2) is 11.6 Å². The van der Waals surface area contributed by atoms with Crippen molar-refractivity contribution in [1.29, 1.82) is 0 Å². The van der Waals surface area contributed by atoms with E-state index in [1.807, 2.05) is 0 Å². The van der Waals surface area contributed by atoms with Gasteiger partial charge in [-0.25, -0.2) is 4.39 Å². The van der Waals surface area contributed by atoms with E-state index < -0.39 is 22.6 Å². The molecule has 0 saturated heterocycles. The van der Waals surface area contributed by atoms with Crippen molar-refractivity contribution in [2.24, 2.45) is 5.92 Å². The molecule has 0 fully saturated rings. The molecule has 0 aliphatic heterocycles. The molecule has 0 amide bonds. The lowest BCUT2D eigenvalue weighted by Gasteiger charge is -2.11. The molecule has 1 aromatic rings. The Morgan fingerprint density at radius 3 is 2.72 bits per heavy atom. The molecule has 1 rings (SSSR count). The van der Waals surface area contributed by atoms with Crippen LogP contribution in [0.5, 0.6) is 5.75 Å². The predicted octanol–water partition coefficient (Wildman–Crippen LogP) is 1.92. The van der Waals surface area contributed by atoms with E-state index in [0.717, 1.165) is 18.2 Å². The van der Waals surface area contributed by atoms with E-state index in [0.29, 0.717) is 0 Å². The van der Waals surface area contributed by atoms with Crippen LogP contribution in [0.3, 0.4) is 0 Å². The number of benzene rings is 1. The van der Waals surface area contributed by atoms with Crippen molar-refractivity contribution < 1.29 is 23.6 Å². The van der Waals surface area contributed by atoms with Gasteiger partial charge in [-0.1, -0.05) is 0 Å². The maximum Gasteiger partial charge on any atom is 0.311 e. The number of carbonyl (C=O) groups excluding carboxylic acids is 1. The number of rotatable bonds is 5. The van der Waals surface area contributed by atoms with E-state index in [1.165, 1.54) is 7.11 Å². The SMILES string of the molecule is COC(=O)C(C)COc1ccc([N+](=O)[O-])cc1F. The first kappa shape index (κ1) is 13.9. The summed E-state index contributed by atoms with van der Waals surface area (Å²) in [5.41, 5.74) is -0.360. The molecule has 1 unspecified atom stereocenters. The van der Waals surface area contributed by atoms with Crippen molar-refractivity contribution in [3.05, 3.63) is 34.1 Å². The number of nitro groups is 1. The fourth-order valence-corrected chi connectivity index (χ4v) is 1.20. The molecule has 18 heavy (non-hydrogen) atoms. The summed E-state index contributed by atoms with van der Waals surface area (Å²) in [6, 6.07) is 3.04. The zero-order valence-electron chi connectivity index (χ0n) is 9.88. The van der Waals surface area contributed by atoms with Gasteiger partial charge in [0.2, 0.25) is 0 Å². The molecule has 0 spiro atoms. The third kappa shape index (κ3) is 3.41. The summed E-state index contributed by atoms with van der Waals surface area (Å²) in [5, 5.41) is 10.4. The fourth-order valence-electron chi connectivity index (χ4n) is 1.20. The first-order chi connectivity index (χ1) is 8.45. The number of halogens is 1. The highest BCUT2D eigenvalue weighted by molar-refractivity contribution is 5.71. The average molecular weight is 257 g/mol. The molecule has 0 bridgehead atoms. The first-order valence-electron chi connectivity index (χ1n) is 5.10. The minimum Gasteiger partial charge on any atom is -0.490 e. The molecule has 0 aliphatic carbocycles. The van der Waals surface area contributed by atoms with Crippen molar-refractivity contribution in [3.8, 4) is 5.75 Å². The average Bonchev–Trinajstić information content (AvgIpc) is 2.35. The predicted molar refractivity (Wildman–Crippen MR) is 59.7 cm³/mol. The van der Waals surface area contributed by atoms with E-state index in [1.54, 1.807) is 6.92 Å². The van der Waals surface area contributed by atoms with Crippen LogP contribution >= 0.6 is 0 Å². The topological polar surface area (TPSA) is 78.7 Å². The molecule has 7 heteroatoms. The number of nitrogens with zero attached hydrogens (tertiary/aromatic N) is 1. The molecule has 0 saturated carbocycles. The van der Waals surface area contributed by atoms with Crippen LogP contribution < -0.4 is 4.74 Å². The highest BCUT2D eigenvalue weighted by Gasteiger charge is 2.16. The number of ether oxygens (including phenoxy) is 2. The summed E-state index contributed by atoms with van der Waals surface area (Å²) in [5.74, 6) is -2.01. The maximum absolute atomic E-state index is 13.4. The number of non-ortho nitro benzene ring substituents is 1. The van der Waals surface area contributed by atoms with Crippen molar-refractivity contribution in [3.63, 3.8) is 0 Å². The molecule has 0 N–H and O–H groups in total. The van der Waals surface area contributed by atoms with Crippen LogP contribution in [0.25, 0.3) is 0 Å². The Kier molecular flexibility index (Phi) is 4.59. The number of esters is 1. The van der Waals surface area contributed by atoms with E-state index in [-0.39, 0.29) is 18.0 Å². The third-order valence-electron chi connectivity index (χ3n) is 2.22. The standard InChI is InChI=1S/C11H12FNO5/c1-7(11(14)17-2)6-18-10-4-3-8(13(15)16)5-9(10)12/h3-5,7H,6H2,1-2H3. The summed E-state index contributed by atoms with van der Waals surface area (Å²) in [4.78, 5) is 20.8. The normalized spacial score (nSPS) is 11.7. The molecule has 1 aromatic carbocycles. The highest BCUT2D eigenvalue weighted by atomic mass is 19.1. The quantitative estimate of drug-likeness (QED) is 0.457. The Morgan fingerprint density at radius 1 is 1.56 bits per heavy atom. The smallest absolute Gasteiger partial charge is 0.311 e. The van der Waals surface area contributed by atoms with Gasteiger partial charge in [-0.2, -0.15) is 0 Å². The van der Waals surface area contributed by atoms with Crippen molar-refractivity contribution in [2.45, 2.75) is 6.92 Å². The molecule has 98 valence electrons. The number of hydrogen-bond acceptors (Lipinski definition) is 5. The second-order valence-electron chi connectivity index (χ2n) is 3.61. The van der Waals surface area contributed by atoms with Crippen molar-refractivity contribution >= 4 is 11.7 Å². The summed E-state index contributed by atoms with van der Waals surface area (Å²) >= 11 is 0. The van der Waals surface area contributed by atoms with E-state index >= 15 is 0 Å². The summed E-state index contributed by atoms with van der Waals surface area (Å²) in [6.07, 6.45) is 0. The van der Waals surface area contributed by atoms with E-state index in [2.05, 4.69) is 4.74 Å². The Hall–Kier alpha value is -2.18. The van der Waals surface area contributed by atoms with Crippen molar-refractivity contribution in [2.75, 3.05) is 13.7 Å². The largest absolute Gasteiger partial charge is 0.490 e. The van der Waals surface area contributed by atoms with Crippen LogP contribution in [0.2, 0.25) is 0 Å². The monoisotopic (exact) mass is 257 g/mol. The molecule has 6 nitrogen and oxygen atoms in total. The zero-order chi connectivity index (χ0) is 13.7. The Bertz CT molecular complexity index is 463. The van der Waals surface area contributed by atoms with Gasteiger partial charge in [0.1, 0.15) is 6.61 Å². The van der Waals surface area contributed by atoms with Crippen LogP contribution in [-0.2, 0) is 9.53 Å². The van der Waals surface area contributed by atoms with Crippen LogP contribution in [-0.4, -0.2) is 24.6 Å². The fraction of sp³-hybridized carbons (Fsp3) is 0.364. The molecular weight excluding hydrogens is 245 g/mol. The molecule has 1 atom stereocenters. The van der Waals surface area contributed by atoms with Crippen molar-refractivity contribution in [1.82, 2.24) is 0 Å². The summed E-state index contributed by atoms with van der Waals surface area (Å²) in [7, 11) is 1.24. The molecular formula is C11H12FNO5. The lowest BCUT2D eigenvalue weighted by molar-refractivity contribution is -0.385. The second-order valence-corrected chi connectivity index (χ2v) is 3.61.